The standard InChI is InChI=1S/C5H10N2/c1-3-5-7-6-4-2/h3-5,7H,1-2H3/b5-3+,6-4+. The smallest absolute Gasteiger partial charge is 0.0215 e. The van der Waals surface area contributed by atoms with Crippen molar-refractivity contribution < 1.29 is 0 Å². The molecule has 0 rings (SSSR count). The minimum absolute atomic E-state index is 1.69. The summed E-state index contributed by atoms with van der Waals surface area (Å²) < 4.78 is 0. The number of allylic oxidation sites excluding steroid dienone is 1. The monoisotopic (exact) mass is 98.1 g/mol. The Morgan fingerprint density at radius 1 is 1.43 bits per heavy atom. The van der Waals surface area contributed by atoms with Gasteiger partial charge in [-0.2, -0.15) is 5.10 Å². The molecule has 0 aromatic carbocycles. The van der Waals surface area contributed by atoms with E-state index in [4.69, 9.17) is 0 Å². The van der Waals surface area contributed by atoms with Gasteiger partial charge in [0.1, 0.15) is 0 Å². The second-order valence-electron chi connectivity index (χ2n) is 1.02. The van der Waals surface area contributed by atoms with Crippen molar-refractivity contribution in [2.75, 3.05) is 0 Å². The molecule has 0 aliphatic heterocycles. The van der Waals surface area contributed by atoms with Crippen LogP contribution >= 0.6 is 0 Å². The van der Waals surface area contributed by atoms with Gasteiger partial charge in [-0.25, -0.2) is 0 Å². The maximum absolute atomic E-state index is 3.70. The number of nitrogens with zero attached hydrogens (tertiary/aromatic N) is 1. The van der Waals surface area contributed by atoms with Crippen LogP contribution in [0.2, 0.25) is 0 Å². The Balaban J connectivity index is 2.98. The van der Waals surface area contributed by atoms with Gasteiger partial charge in [0.05, 0.1) is 0 Å². The third-order valence-corrected chi connectivity index (χ3v) is 0.445. The van der Waals surface area contributed by atoms with Gasteiger partial charge in [0.25, 0.3) is 0 Å². The van der Waals surface area contributed by atoms with Gasteiger partial charge in [-0.1, -0.05) is 6.08 Å². The van der Waals surface area contributed by atoms with E-state index >= 15 is 0 Å². The van der Waals surface area contributed by atoms with Crippen molar-refractivity contribution in [3.63, 3.8) is 0 Å². The van der Waals surface area contributed by atoms with Crippen molar-refractivity contribution in [3.8, 4) is 0 Å². The molecule has 0 saturated heterocycles. The van der Waals surface area contributed by atoms with Crippen LogP contribution in [0.15, 0.2) is 17.4 Å². The predicted molar refractivity (Wildman–Crippen MR) is 32.1 cm³/mol. The molecule has 0 amide bonds. The third kappa shape index (κ3) is 5.21. The molecule has 0 fully saturated rings. The van der Waals surface area contributed by atoms with E-state index in [9.17, 15) is 0 Å². The number of hydrogen-bond donors (Lipinski definition) is 1. The summed E-state index contributed by atoms with van der Waals surface area (Å²) in [7, 11) is 0. The molecule has 0 radical (unpaired) electrons. The first kappa shape index (κ1) is 6.21. The van der Waals surface area contributed by atoms with E-state index in [1.807, 2.05) is 19.9 Å². The minimum atomic E-state index is 1.69. The fourth-order valence-corrected chi connectivity index (χ4v) is 0.192. The molecule has 0 aromatic rings. The number of nitrogens with one attached hydrogen (secondary N) is 1. The Kier molecular flexibility index (Phi) is 4.62. The fraction of sp³-hybridized carbons (Fsp3) is 0.400. The van der Waals surface area contributed by atoms with Crippen LogP contribution in [0.25, 0.3) is 0 Å². The quantitative estimate of drug-likeness (QED) is 0.406. The SMILES string of the molecule is C/C=C/N/N=C/C. The van der Waals surface area contributed by atoms with Crippen molar-refractivity contribution in [3.05, 3.63) is 12.3 Å². The van der Waals surface area contributed by atoms with Gasteiger partial charge < -0.3 is 0 Å². The van der Waals surface area contributed by atoms with Gasteiger partial charge in [-0.15, -0.1) is 0 Å². The predicted octanol–water partition coefficient (Wildman–Crippen LogP) is 1.12. The van der Waals surface area contributed by atoms with Gasteiger partial charge in [0.2, 0.25) is 0 Å². The van der Waals surface area contributed by atoms with Crippen LogP contribution in [0.3, 0.4) is 0 Å². The highest BCUT2D eigenvalue weighted by atomic mass is 15.3. The van der Waals surface area contributed by atoms with Gasteiger partial charge in [-0.05, 0) is 13.8 Å². The van der Waals surface area contributed by atoms with E-state index < -0.39 is 0 Å². The molecule has 0 aliphatic carbocycles. The van der Waals surface area contributed by atoms with E-state index in [0.29, 0.717) is 0 Å². The summed E-state index contributed by atoms with van der Waals surface area (Å²) in [5, 5.41) is 3.70. The molecule has 0 aliphatic rings. The highest BCUT2D eigenvalue weighted by Gasteiger charge is 1.55. The van der Waals surface area contributed by atoms with E-state index in [-0.39, 0.29) is 0 Å². The zero-order valence-electron chi connectivity index (χ0n) is 4.68. The Morgan fingerprint density at radius 3 is 2.57 bits per heavy atom. The molecule has 1 N–H and O–H groups in total. The maximum atomic E-state index is 3.70. The second-order valence-corrected chi connectivity index (χ2v) is 1.02. The molecule has 0 unspecified atom stereocenters. The topological polar surface area (TPSA) is 24.4 Å². The summed E-state index contributed by atoms with van der Waals surface area (Å²) in [6.07, 6.45) is 5.34. The molecule has 40 valence electrons. The highest BCUT2D eigenvalue weighted by molar-refractivity contribution is 5.52. The van der Waals surface area contributed by atoms with Crippen molar-refractivity contribution in [1.82, 2.24) is 5.43 Å². The molecule has 0 saturated carbocycles. The van der Waals surface area contributed by atoms with Gasteiger partial charge in [0.15, 0.2) is 0 Å². The van der Waals surface area contributed by atoms with Crippen molar-refractivity contribution in [2.45, 2.75) is 13.8 Å². The lowest BCUT2D eigenvalue weighted by atomic mass is 10.7. The zero-order chi connectivity index (χ0) is 5.54. The number of hydrazone groups is 1. The molecule has 0 spiro atoms. The van der Waals surface area contributed by atoms with Crippen LogP contribution in [-0.2, 0) is 0 Å². The maximum Gasteiger partial charge on any atom is 0.0215 e. The van der Waals surface area contributed by atoms with Crippen LogP contribution < -0.4 is 5.43 Å². The van der Waals surface area contributed by atoms with Gasteiger partial charge in [0, 0.05) is 12.4 Å². The van der Waals surface area contributed by atoms with E-state index in [1.54, 1.807) is 12.4 Å². The molecule has 0 aromatic heterocycles. The van der Waals surface area contributed by atoms with Gasteiger partial charge >= 0.3 is 0 Å². The lowest BCUT2D eigenvalue weighted by Gasteiger charge is -1.81. The highest BCUT2D eigenvalue weighted by Crippen LogP contribution is 1.60. The zero-order valence-corrected chi connectivity index (χ0v) is 4.68. The number of hydrogen-bond acceptors (Lipinski definition) is 2. The Bertz CT molecular complexity index is 64.1. The summed E-state index contributed by atoms with van der Waals surface area (Å²) in [5.74, 6) is 0. The molecule has 2 nitrogen and oxygen atoms in total. The summed E-state index contributed by atoms with van der Waals surface area (Å²) in [5.41, 5.74) is 2.67. The lowest BCUT2D eigenvalue weighted by molar-refractivity contribution is 0.971. The molecular weight excluding hydrogens is 88.1 g/mol. The summed E-state index contributed by atoms with van der Waals surface area (Å²) in [6, 6.07) is 0. The molecule has 2 heteroatoms. The first-order chi connectivity index (χ1) is 3.41. The van der Waals surface area contributed by atoms with Crippen molar-refractivity contribution in [2.24, 2.45) is 5.10 Å². The average molecular weight is 98.1 g/mol. The molecular formula is C5H10N2. The van der Waals surface area contributed by atoms with Crippen LogP contribution in [0.1, 0.15) is 13.8 Å². The molecule has 7 heavy (non-hydrogen) atoms. The molecule has 0 bridgehead atoms. The minimum Gasteiger partial charge on any atom is -0.286 e. The van der Waals surface area contributed by atoms with Crippen LogP contribution in [0.4, 0.5) is 0 Å². The summed E-state index contributed by atoms with van der Waals surface area (Å²) in [4.78, 5) is 0. The normalized spacial score (nSPS) is 11.1. The van der Waals surface area contributed by atoms with Gasteiger partial charge in [-0.3, -0.25) is 5.43 Å². The summed E-state index contributed by atoms with van der Waals surface area (Å²) >= 11 is 0. The Morgan fingerprint density at radius 2 is 2.14 bits per heavy atom. The van der Waals surface area contributed by atoms with E-state index in [2.05, 4.69) is 10.5 Å². The van der Waals surface area contributed by atoms with Crippen LogP contribution in [-0.4, -0.2) is 6.21 Å². The summed E-state index contributed by atoms with van der Waals surface area (Å²) in [6.45, 7) is 3.79. The van der Waals surface area contributed by atoms with Crippen LogP contribution in [0.5, 0.6) is 0 Å². The van der Waals surface area contributed by atoms with Crippen molar-refractivity contribution >= 4 is 6.21 Å². The number of rotatable bonds is 2. The largest absolute Gasteiger partial charge is 0.286 e. The third-order valence-electron chi connectivity index (χ3n) is 0.445. The van der Waals surface area contributed by atoms with E-state index in [1.165, 1.54) is 0 Å². The average Bonchev–Trinajstić information content (AvgIpc) is 1.69. The van der Waals surface area contributed by atoms with Crippen molar-refractivity contribution in [1.29, 1.82) is 0 Å². The first-order valence-electron chi connectivity index (χ1n) is 2.26. The Hall–Kier alpha value is -0.790. The van der Waals surface area contributed by atoms with E-state index in [0.717, 1.165) is 0 Å². The van der Waals surface area contributed by atoms with Crippen LogP contribution in [0, 0.1) is 0 Å². The Labute approximate surface area is 43.9 Å². The lowest BCUT2D eigenvalue weighted by Crippen LogP contribution is -1.90. The molecule has 0 heterocycles. The second kappa shape index (κ2) is 5.21. The first-order valence-corrected chi connectivity index (χ1v) is 2.26. The molecule has 0 atom stereocenters. The fourth-order valence-electron chi connectivity index (χ4n) is 0.192.